The number of hydrogen-bond donors (Lipinski definition) is 2. The topological polar surface area (TPSA) is 80.0 Å². The van der Waals surface area contributed by atoms with E-state index in [9.17, 15) is 4.79 Å². The summed E-state index contributed by atoms with van der Waals surface area (Å²) < 4.78 is 1.81. The van der Waals surface area contributed by atoms with Crippen LogP contribution < -0.4 is 5.32 Å². The van der Waals surface area contributed by atoms with Crippen LogP contribution in [-0.2, 0) is 6.54 Å². The third kappa shape index (κ3) is 3.54. The minimum absolute atomic E-state index is 0.0934. The van der Waals surface area contributed by atoms with Crippen molar-refractivity contribution >= 4 is 11.8 Å². The Bertz CT molecular complexity index is 566. The molecule has 6 heteroatoms. The molecule has 100 valence electrons. The first-order chi connectivity index (χ1) is 9.04. The minimum Gasteiger partial charge on any atom is -0.478 e. The Morgan fingerprint density at radius 2 is 2.32 bits per heavy atom. The van der Waals surface area contributed by atoms with Crippen molar-refractivity contribution < 1.29 is 9.90 Å². The highest BCUT2D eigenvalue weighted by atomic mass is 16.4. The Labute approximate surface area is 111 Å². The van der Waals surface area contributed by atoms with Gasteiger partial charge in [0.1, 0.15) is 5.82 Å². The molecule has 2 heterocycles. The van der Waals surface area contributed by atoms with E-state index in [-0.39, 0.29) is 11.6 Å². The van der Waals surface area contributed by atoms with Crippen molar-refractivity contribution in [3.05, 3.63) is 41.9 Å². The second-order valence-corrected chi connectivity index (χ2v) is 4.46. The molecule has 2 rings (SSSR count). The summed E-state index contributed by atoms with van der Waals surface area (Å²) in [4.78, 5) is 15.3. The lowest BCUT2D eigenvalue weighted by atomic mass is 10.2. The van der Waals surface area contributed by atoms with Gasteiger partial charge in [-0.3, -0.25) is 4.68 Å². The summed E-state index contributed by atoms with van der Waals surface area (Å²) in [6, 6.07) is 5.04. The van der Waals surface area contributed by atoms with Gasteiger partial charge in [-0.05, 0) is 32.0 Å². The number of pyridine rings is 1. The molecule has 0 fully saturated rings. The maximum atomic E-state index is 11.0. The van der Waals surface area contributed by atoms with Crippen LogP contribution in [0.1, 0.15) is 23.0 Å². The lowest BCUT2D eigenvalue weighted by Gasteiger charge is -2.15. The van der Waals surface area contributed by atoms with Crippen LogP contribution in [0.4, 0.5) is 5.82 Å². The molecule has 0 aromatic carbocycles. The molecule has 0 aliphatic carbocycles. The van der Waals surface area contributed by atoms with Gasteiger partial charge in [0.15, 0.2) is 0 Å². The number of rotatable bonds is 5. The zero-order chi connectivity index (χ0) is 13.8. The number of carbonyl (C=O) groups is 1. The van der Waals surface area contributed by atoms with Gasteiger partial charge in [-0.15, -0.1) is 0 Å². The number of anilines is 1. The number of hydrogen-bond acceptors (Lipinski definition) is 4. The normalized spacial score (nSPS) is 12.1. The average Bonchev–Trinajstić information content (AvgIpc) is 2.80. The molecule has 0 saturated carbocycles. The molecule has 1 unspecified atom stereocenters. The maximum absolute atomic E-state index is 11.0. The van der Waals surface area contributed by atoms with Crippen LogP contribution in [-0.4, -0.2) is 31.9 Å². The summed E-state index contributed by atoms with van der Waals surface area (Å²) in [6.45, 7) is 4.45. The van der Waals surface area contributed by atoms with E-state index in [2.05, 4.69) is 15.4 Å². The predicted molar refractivity (Wildman–Crippen MR) is 71.2 cm³/mol. The SMILES string of the molecule is Cc1cc(C(=O)O)cc(NC(C)Cn2cccn2)n1. The van der Waals surface area contributed by atoms with E-state index in [1.54, 1.807) is 19.2 Å². The molecule has 1 atom stereocenters. The fourth-order valence-electron chi connectivity index (χ4n) is 1.85. The Morgan fingerprint density at radius 1 is 1.53 bits per heavy atom. The second-order valence-electron chi connectivity index (χ2n) is 4.46. The molecular weight excluding hydrogens is 244 g/mol. The van der Waals surface area contributed by atoms with Crippen LogP contribution in [0, 0.1) is 6.92 Å². The second kappa shape index (κ2) is 5.51. The number of aromatic nitrogens is 3. The van der Waals surface area contributed by atoms with Gasteiger partial charge >= 0.3 is 5.97 Å². The number of carboxylic acids is 1. The summed E-state index contributed by atoms with van der Waals surface area (Å²) in [6.07, 6.45) is 3.60. The summed E-state index contributed by atoms with van der Waals surface area (Å²) in [7, 11) is 0. The highest BCUT2D eigenvalue weighted by Gasteiger charge is 2.09. The smallest absolute Gasteiger partial charge is 0.335 e. The van der Waals surface area contributed by atoms with E-state index in [1.165, 1.54) is 6.07 Å². The first kappa shape index (κ1) is 13.1. The van der Waals surface area contributed by atoms with E-state index < -0.39 is 5.97 Å². The van der Waals surface area contributed by atoms with Gasteiger partial charge in [0.05, 0.1) is 12.1 Å². The maximum Gasteiger partial charge on any atom is 0.335 e. The van der Waals surface area contributed by atoms with Gasteiger partial charge < -0.3 is 10.4 Å². The molecule has 2 N–H and O–H groups in total. The van der Waals surface area contributed by atoms with Crippen LogP contribution in [0.3, 0.4) is 0 Å². The van der Waals surface area contributed by atoms with Gasteiger partial charge in [-0.1, -0.05) is 0 Å². The molecule has 0 spiro atoms. The number of carboxylic acid groups (broad SMARTS) is 1. The Hall–Kier alpha value is -2.37. The van der Waals surface area contributed by atoms with E-state index in [1.807, 2.05) is 23.9 Å². The first-order valence-electron chi connectivity index (χ1n) is 6.00. The highest BCUT2D eigenvalue weighted by molar-refractivity contribution is 5.88. The molecule has 0 saturated heterocycles. The molecule has 0 aliphatic heterocycles. The number of nitrogens with zero attached hydrogens (tertiary/aromatic N) is 3. The fourth-order valence-corrected chi connectivity index (χ4v) is 1.85. The van der Waals surface area contributed by atoms with Crippen molar-refractivity contribution in [1.29, 1.82) is 0 Å². The van der Waals surface area contributed by atoms with Crippen LogP contribution in [0.25, 0.3) is 0 Å². The van der Waals surface area contributed by atoms with E-state index in [4.69, 9.17) is 5.11 Å². The van der Waals surface area contributed by atoms with Crippen molar-refractivity contribution in [2.45, 2.75) is 26.4 Å². The molecule has 0 aliphatic rings. The number of aryl methyl sites for hydroxylation is 1. The molecule has 2 aromatic rings. The number of aromatic carboxylic acids is 1. The number of nitrogens with one attached hydrogen (secondary N) is 1. The quantitative estimate of drug-likeness (QED) is 0.856. The zero-order valence-corrected chi connectivity index (χ0v) is 10.9. The third-order valence-corrected chi connectivity index (χ3v) is 2.61. The largest absolute Gasteiger partial charge is 0.478 e. The van der Waals surface area contributed by atoms with E-state index >= 15 is 0 Å². The predicted octanol–water partition coefficient (Wildman–Crippen LogP) is 1.79. The summed E-state index contributed by atoms with van der Waals surface area (Å²) in [5, 5.41) is 16.3. The van der Waals surface area contributed by atoms with Crippen LogP contribution >= 0.6 is 0 Å². The van der Waals surface area contributed by atoms with Crippen LogP contribution in [0.5, 0.6) is 0 Å². The van der Waals surface area contributed by atoms with Crippen molar-refractivity contribution in [2.24, 2.45) is 0 Å². The molecule has 6 nitrogen and oxygen atoms in total. The zero-order valence-electron chi connectivity index (χ0n) is 10.9. The van der Waals surface area contributed by atoms with Crippen molar-refractivity contribution in [3.8, 4) is 0 Å². The molecule has 0 radical (unpaired) electrons. The van der Waals surface area contributed by atoms with E-state index in [0.717, 1.165) is 0 Å². The lowest BCUT2D eigenvalue weighted by Crippen LogP contribution is -2.23. The van der Waals surface area contributed by atoms with Gasteiger partial charge in [0, 0.05) is 24.1 Å². The first-order valence-corrected chi connectivity index (χ1v) is 6.00. The van der Waals surface area contributed by atoms with Gasteiger partial charge in [0.2, 0.25) is 0 Å². The van der Waals surface area contributed by atoms with Crippen molar-refractivity contribution in [2.75, 3.05) is 5.32 Å². The van der Waals surface area contributed by atoms with Crippen molar-refractivity contribution in [1.82, 2.24) is 14.8 Å². The summed E-state index contributed by atoms with van der Waals surface area (Å²) >= 11 is 0. The van der Waals surface area contributed by atoms with Gasteiger partial charge in [-0.25, -0.2) is 9.78 Å². The van der Waals surface area contributed by atoms with Crippen LogP contribution in [0.2, 0.25) is 0 Å². The third-order valence-electron chi connectivity index (χ3n) is 2.61. The molecule has 0 amide bonds. The standard InChI is InChI=1S/C13H16N4O2/c1-9-6-11(13(18)19)7-12(15-9)16-10(2)8-17-5-3-4-14-17/h3-7,10H,8H2,1-2H3,(H,15,16)(H,18,19). The molecule has 2 aromatic heterocycles. The highest BCUT2D eigenvalue weighted by Crippen LogP contribution is 2.11. The Kier molecular flexibility index (Phi) is 3.79. The monoisotopic (exact) mass is 260 g/mol. The average molecular weight is 260 g/mol. The van der Waals surface area contributed by atoms with E-state index in [0.29, 0.717) is 18.1 Å². The summed E-state index contributed by atoms with van der Waals surface area (Å²) in [5.41, 5.74) is 0.912. The Morgan fingerprint density at radius 3 is 2.95 bits per heavy atom. The fraction of sp³-hybridized carbons (Fsp3) is 0.308. The van der Waals surface area contributed by atoms with Crippen molar-refractivity contribution in [3.63, 3.8) is 0 Å². The summed E-state index contributed by atoms with van der Waals surface area (Å²) in [5.74, 6) is -0.384. The lowest BCUT2D eigenvalue weighted by molar-refractivity contribution is 0.0696. The van der Waals surface area contributed by atoms with Crippen LogP contribution in [0.15, 0.2) is 30.6 Å². The van der Waals surface area contributed by atoms with Gasteiger partial charge in [0.25, 0.3) is 0 Å². The van der Waals surface area contributed by atoms with Gasteiger partial charge in [-0.2, -0.15) is 5.10 Å². The minimum atomic E-state index is -0.951. The molecule has 19 heavy (non-hydrogen) atoms. The molecule has 0 bridgehead atoms. The Balaban J connectivity index is 2.08. The molecular formula is C13H16N4O2.